The number of sulfonamides is 1. The van der Waals surface area contributed by atoms with E-state index in [1.807, 2.05) is 0 Å². The smallest absolute Gasteiger partial charge is 0.243 e. The normalized spacial score (nSPS) is 16.9. The number of hydrogen-bond acceptors (Lipinski definition) is 4. The quantitative estimate of drug-likeness (QED) is 0.705. The predicted molar refractivity (Wildman–Crippen MR) is 75.7 cm³/mol. The third kappa shape index (κ3) is 4.29. The SMILES string of the molecule is O=S(=O)(NCCCC1CCCC1)c1cnn(CCO)c1. The van der Waals surface area contributed by atoms with Crippen molar-refractivity contribution in [2.24, 2.45) is 5.92 Å². The van der Waals surface area contributed by atoms with E-state index in [4.69, 9.17) is 5.11 Å². The zero-order chi connectivity index (χ0) is 14.4. The largest absolute Gasteiger partial charge is 0.394 e. The first-order valence-electron chi connectivity index (χ1n) is 7.25. The van der Waals surface area contributed by atoms with E-state index in [0.29, 0.717) is 13.1 Å². The van der Waals surface area contributed by atoms with Crippen LogP contribution in [0, 0.1) is 5.92 Å². The molecule has 0 bridgehead atoms. The summed E-state index contributed by atoms with van der Waals surface area (Å²) in [5.41, 5.74) is 0. The van der Waals surface area contributed by atoms with Crippen LogP contribution in [0.1, 0.15) is 38.5 Å². The molecular weight excluding hydrogens is 278 g/mol. The molecule has 0 atom stereocenters. The van der Waals surface area contributed by atoms with Gasteiger partial charge in [-0.15, -0.1) is 0 Å². The van der Waals surface area contributed by atoms with Gasteiger partial charge in [-0.2, -0.15) is 5.10 Å². The van der Waals surface area contributed by atoms with Gasteiger partial charge in [-0.3, -0.25) is 4.68 Å². The summed E-state index contributed by atoms with van der Waals surface area (Å²) in [6.45, 7) is 0.719. The average molecular weight is 301 g/mol. The first-order chi connectivity index (χ1) is 9.62. The molecule has 2 N–H and O–H groups in total. The third-order valence-electron chi connectivity index (χ3n) is 3.80. The molecule has 1 aromatic heterocycles. The van der Waals surface area contributed by atoms with E-state index in [0.717, 1.165) is 18.8 Å². The topological polar surface area (TPSA) is 84.2 Å². The molecule has 0 spiro atoms. The Morgan fingerprint density at radius 2 is 2.15 bits per heavy atom. The van der Waals surface area contributed by atoms with Gasteiger partial charge in [0.25, 0.3) is 0 Å². The van der Waals surface area contributed by atoms with Crippen LogP contribution in [0.2, 0.25) is 0 Å². The second kappa shape index (κ2) is 7.19. The van der Waals surface area contributed by atoms with Crippen molar-refractivity contribution in [3.05, 3.63) is 12.4 Å². The summed E-state index contributed by atoms with van der Waals surface area (Å²) in [5, 5.41) is 12.7. The molecule has 7 heteroatoms. The van der Waals surface area contributed by atoms with Crippen molar-refractivity contribution < 1.29 is 13.5 Å². The lowest BCUT2D eigenvalue weighted by atomic mass is 10.0. The first kappa shape index (κ1) is 15.5. The van der Waals surface area contributed by atoms with Crippen molar-refractivity contribution in [3.63, 3.8) is 0 Å². The second-order valence-electron chi connectivity index (χ2n) is 5.35. The molecule has 6 nitrogen and oxygen atoms in total. The molecule has 20 heavy (non-hydrogen) atoms. The fourth-order valence-corrected chi connectivity index (χ4v) is 3.71. The number of hydrogen-bond donors (Lipinski definition) is 2. The van der Waals surface area contributed by atoms with Crippen LogP contribution in [0.4, 0.5) is 0 Å². The highest BCUT2D eigenvalue weighted by Gasteiger charge is 2.17. The lowest BCUT2D eigenvalue weighted by molar-refractivity contribution is 0.269. The molecule has 114 valence electrons. The summed E-state index contributed by atoms with van der Waals surface area (Å²) >= 11 is 0. The molecule has 1 saturated carbocycles. The number of aliphatic hydroxyl groups is 1. The minimum Gasteiger partial charge on any atom is -0.394 e. The Kier molecular flexibility index (Phi) is 5.56. The number of aromatic nitrogens is 2. The van der Waals surface area contributed by atoms with E-state index in [1.54, 1.807) is 0 Å². The Bertz CT molecular complexity index is 507. The van der Waals surface area contributed by atoms with E-state index in [1.165, 1.54) is 42.8 Å². The molecule has 1 fully saturated rings. The van der Waals surface area contributed by atoms with E-state index in [9.17, 15) is 8.42 Å². The number of rotatable bonds is 8. The van der Waals surface area contributed by atoms with E-state index in [2.05, 4.69) is 9.82 Å². The second-order valence-corrected chi connectivity index (χ2v) is 7.12. The zero-order valence-corrected chi connectivity index (χ0v) is 12.5. The van der Waals surface area contributed by atoms with Gasteiger partial charge in [-0.1, -0.05) is 25.7 Å². The maximum absolute atomic E-state index is 12.0. The van der Waals surface area contributed by atoms with Crippen LogP contribution >= 0.6 is 0 Å². The summed E-state index contributed by atoms with van der Waals surface area (Å²) in [5.74, 6) is 0.784. The fraction of sp³-hybridized carbons (Fsp3) is 0.769. The molecule has 1 aliphatic rings. The van der Waals surface area contributed by atoms with Crippen LogP contribution in [0.15, 0.2) is 17.3 Å². The minimum atomic E-state index is -3.47. The third-order valence-corrected chi connectivity index (χ3v) is 5.22. The van der Waals surface area contributed by atoms with Crippen LogP contribution in [-0.4, -0.2) is 36.5 Å². The summed E-state index contributed by atoms with van der Waals surface area (Å²) in [7, 11) is -3.47. The molecule has 0 amide bonds. The van der Waals surface area contributed by atoms with Gasteiger partial charge in [0.2, 0.25) is 10.0 Å². The van der Waals surface area contributed by atoms with Crippen molar-refractivity contribution in [3.8, 4) is 0 Å². The van der Waals surface area contributed by atoms with E-state index < -0.39 is 10.0 Å². The van der Waals surface area contributed by atoms with Crippen molar-refractivity contribution >= 4 is 10.0 Å². The minimum absolute atomic E-state index is 0.0595. The predicted octanol–water partition coefficient (Wildman–Crippen LogP) is 1.12. The van der Waals surface area contributed by atoms with Crippen molar-refractivity contribution in [2.75, 3.05) is 13.2 Å². The molecular formula is C13H23N3O3S. The summed E-state index contributed by atoms with van der Waals surface area (Å²) in [4.78, 5) is 0.159. The Morgan fingerprint density at radius 1 is 1.40 bits per heavy atom. The molecule has 1 heterocycles. The standard InChI is InChI=1S/C13H23N3O3S/c17-9-8-16-11-13(10-14-16)20(18,19)15-7-3-6-12-4-1-2-5-12/h10-12,15,17H,1-9H2. The Balaban J connectivity index is 1.77. The van der Waals surface area contributed by atoms with Gasteiger partial charge in [-0.25, -0.2) is 13.1 Å². The van der Waals surface area contributed by atoms with Gasteiger partial charge in [0.15, 0.2) is 0 Å². The van der Waals surface area contributed by atoms with Crippen LogP contribution in [0.25, 0.3) is 0 Å². The van der Waals surface area contributed by atoms with Crippen molar-refractivity contribution in [2.45, 2.75) is 50.0 Å². The number of aliphatic hydroxyl groups excluding tert-OH is 1. The fourth-order valence-electron chi connectivity index (χ4n) is 2.69. The summed E-state index contributed by atoms with van der Waals surface area (Å²) in [6.07, 6.45) is 9.97. The van der Waals surface area contributed by atoms with Crippen LogP contribution < -0.4 is 4.72 Å². The number of nitrogens with one attached hydrogen (secondary N) is 1. The molecule has 0 aliphatic heterocycles. The maximum Gasteiger partial charge on any atom is 0.243 e. The van der Waals surface area contributed by atoms with Gasteiger partial charge in [0.05, 0.1) is 19.3 Å². The highest BCUT2D eigenvalue weighted by atomic mass is 32.2. The highest BCUT2D eigenvalue weighted by Crippen LogP contribution is 2.28. The van der Waals surface area contributed by atoms with Crippen LogP contribution in [0.3, 0.4) is 0 Å². The van der Waals surface area contributed by atoms with Crippen LogP contribution in [0.5, 0.6) is 0 Å². The highest BCUT2D eigenvalue weighted by molar-refractivity contribution is 7.89. The monoisotopic (exact) mass is 301 g/mol. The Morgan fingerprint density at radius 3 is 2.85 bits per heavy atom. The van der Waals surface area contributed by atoms with Gasteiger partial charge in [0.1, 0.15) is 4.90 Å². The van der Waals surface area contributed by atoms with Gasteiger partial charge in [-0.05, 0) is 18.8 Å². The van der Waals surface area contributed by atoms with Crippen molar-refractivity contribution in [1.29, 1.82) is 0 Å². The maximum atomic E-state index is 12.0. The van der Waals surface area contributed by atoms with E-state index in [-0.39, 0.29) is 11.5 Å². The van der Waals surface area contributed by atoms with E-state index >= 15 is 0 Å². The van der Waals surface area contributed by atoms with Gasteiger partial charge >= 0.3 is 0 Å². The lowest BCUT2D eigenvalue weighted by Crippen LogP contribution is -2.24. The molecule has 1 aromatic rings. The molecule has 0 aromatic carbocycles. The van der Waals surface area contributed by atoms with Crippen molar-refractivity contribution in [1.82, 2.24) is 14.5 Å². The van der Waals surface area contributed by atoms with Gasteiger partial charge < -0.3 is 5.11 Å². The molecule has 0 saturated heterocycles. The Hall–Kier alpha value is -0.920. The molecule has 0 unspecified atom stereocenters. The summed E-state index contributed by atoms with van der Waals surface area (Å²) in [6, 6.07) is 0. The van der Waals surface area contributed by atoms with Gasteiger partial charge in [0, 0.05) is 12.7 Å². The zero-order valence-electron chi connectivity index (χ0n) is 11.7. The Labute approximate surface area is 120 Å². The lowest BCUT2D eigenvalue weighted by Gasteiger charge is -2.09. The number of nitrogens with zero attached hydrogens (tertiary/aromatic N) is 2. The molecule has 1 aliphatic carbocycles. The summed E-state index contributed by atoms with van der Waals surface area (Å²) < 4.78 is 28.1. The molecule has 2 rings (SSSR count). The van der Waals surface area contributed by atoms with Crippen LogP contribution in [-0.2, 0) is 16.6 Å². The molecule has 0 radical (unpaired) electrons. The average Bonchev–Trinajstić information content (AvgIpc) is 3.06. The first-order valence-corrected chi connectivity index (χ1v) is 8.73.